The fourth-order valence-corrected chi connectivity index (χ4v) is 1.39. The van der Waals surface area contributed by atoms with E-state index >= 15 is 0 Å². The van der Waals surface area contributed by atoms with Crippen molar-refractivity contribution < 1.29 is 13.2 Å². The molecule has 0 unspecified atom stereocenters. The van der Waals surface area contributed by atoms with Gasteiger partial charge in [0.1, 0.15) is 0 Å². The van der Waals surface area contributed by atoms with Gasteiger partial charge in [0.25, 0.3) is 0 Å². The average molecular weight is 257 g/mol. The Bertz CT molecular complexity index is 490. The molecule has 0 amide bonds. The monoisotopic (exact) mass is 257 g/mol. The average Bonchev–Trinajstić information content (AvgIpc) is 2.27. The number of hydrogen-bond acceptors (Lipinski definition) is 3. The summed E-state index contributed by atoms with van der Waals surface area (Å²) in [4.78, 5) is 0. The van der Waals surface area contributed by atoms with Crippen molar-refractivity contribution in [3.8, 4) is 0 Å². The first-order valence-corrected chi connectivity index (χ1v) is 5.18. The lowest BCUT2D eigenvalue weighted by Crippen LogP contribution is -2.15. The lowest BCUT2D eigenvalue weighted by atomic mass is 10.1. The number of alkyl halides is 3. The van der Waals surface area contributed by atoms with Gasteiger partial charge in [0, 0.05) is 5.70 Å². The van der Waals surface area contributed by atoms with Crippen molar-refractivity contribution in [3.63, 3.8) is 0 Å². The maximum atomic E-state index is 12.7. The van der Waals surface area contributed by atoms with Gasteiger partial charge < -0.3 is 16.5 Å². The molecule has 0 aromatic heterocycles. The summed E-state index contributed by atoms with van der Waals surface area (Å²) in [6.07, 6.45) is -4.43. The molecule has 98 valence electrons. The molecule has 0 saturated carbocycles. The highest BCUT2D eigenvalue weighted by Gasteiger charge is 2.33. The third-order valence-corrected chi connectivity index (χ3v) is 2.36. The van der Waals surface area contributed by atoms with Crippen LogP contribution in [0.3, 0.4) is 0 Å². The van der Waals surface area contributed by atoms with Crippen LogP contribution in [0.2, 0.25) is 0 Å². The number of benzene rings is 1. The van der Waals surface area contributed by atoms with Gasteiger partial charge in [-0.2, -0.15) is 13.2 Å². The second-order valence-corrected chi connectivity index (χ2v) is 3.83. The summed E-state index contributed by atoms with van der Waals surface area (Å²) in [5.74, 6) is 0. The van der Waals surface area contributed by atoms with Crippen LogP contribution >= 0.6 is 0 Å². The number of nitrogens with two attached hydrogens (primary N) is 1. The summed E-state index contributed by atoms with van der Waals surface area (Å²) in [6.45, 7) is 3.00. The van der Waals surface area contributed by atoms with Crippen LogP contribution < -0.4 is 11.1 Å². The molecule has 0 atom stereocenters. The van der Waals surface area contributed by atoms with Gasteiger partial charge in [0.2, 0.25) is 0 Å². The fraction of sp³-hybridized carbons (Fsp3) is 0.250. The Morgan fingerprint density at radius 2 is 1.78 bits per heavy atom. The number of rotatable bonds is 3. The Morgan fingerprint density at radius 1 is 1.22 bits per heavy atom. The third-order valence-electron chi connectivity index (χ3n) is 2.36. The maximum Gasteiger partial charge on any atom is 0.418 e. The number of hydrogen-bond donors (Lipinski definition) is 3. The van der Waals surface area contributed by atoms with Gasteiger partial charge in [-0.1, -0.05) is 12.1 Å². The molecule has 0 radical (unpaired) electrons. The van der Waals surface area contributed by atoms with E-state index in [4.69, 9.17) is 11.1 Å². The van der Waals surface area contributed by atoms with Gasteiger partial charge in [0.15, 0.2) is 0 Å². The van der Waals surface area contributed by atoms with E-state index in [-0.39, 0.29) is 17.1 Å². The number of allylic oxidation sites excluding steroid dienone is 2. The van der Waals surface area contributed by atoms with Crippen LogP contribution in [0.1, 0.15) is 19.4 Å². The molecule has 4 N–H and O–H groups in total. The number of para-hydroxylation sites is 1. The van der Waals surface area contributed by atoms with E-state index in [9.17, 15) is 13.2 Å². The van der Waals surface area contributed by atoms with E-state index in [2.05, 4.69) is 5.32 Å². The smallest absolute Gasteiger partial charge is 0.396 e. The normalized spacial score (nSPS) is 12.9. The van der Waals surface area contributed by atoms with Crippen LogP contribution in [0.15, 0.2) is 35.7 Å². The minimum absolute atomic E-state index is 0.0771. The first-order valence-electron chi connectivity index (χ1n) is 5.18. The van der Waals surface area contributed by atoms with Crippen molar-refractivity contribution in [3.05, 3.63) is 41.2 Å². The van der Waals surface area contributed by atoms with Gasteiger partial charge >= 0.3 is 6.18 Å². The van der Waals surface area contributed by atoms with E-state index in [1.807, 2.05) is 0 Å². The largest absolute Gasteiger partial charge is 0.418 e. The first kappa shape index (κ1) is 14.1. The topological polar surface area (TPSA) is 61.9 Å². The highest BCUT2D eigenvalue weighted by molar-refractivity contribution is 5.95. The number of nitrogens with one attached hydrogen (secondary N) is 2. The summed E-state index contributed by atoms with van der Waals surface area (Å²) in [6, 6.07) is 5.12. The number of anilines is 1. The Kier molecular flexibility index (Phi) is 4.00. The van der Waals surface area contributed by atoms with Gasteiger partial charge in [-0.15, -0.1) is 0 Å². The van der Waals surface area contributed by atoms with E-state index in [0.29, 0.717) is 5.70 Å². The summed E-state index contributed by atoms with van der Waals surface area (Å²) in [7, 11) is 0. The minimum atomic E-state index is -4.43. The predicted molar refractivity (Wildman–Crippen MR) is 65.4 cm³/mol. The summed E-state index contributed by atoms with van der Waals surface area (Å²) in [5, 5.41) is 9.92. The zero-order valence-corrected chi connectivity index (χ0v) is 10.0. The zero-order chi connectivity index (χ0) is 13.9. The van der Waals surface area contributed by atoms with Crippen LogP contribution in [0, 0.1) is 5.41 Å². The van der Waals surface area contributed by atoms with Crippen molar-refractivity contribution in [1.29, 1.82) is 5.41 Å². The molecule has 3 nitrogen and oxygen atoms in total. The standard InChI is InChI=1S/C12H14F3N3/c1-7(16)11(17)8(2)18-10-6-4-3-5-9(10)12(13,14)15/h3-6,16,18H,17H2,1-2H3/b11-8+,16-7?. The van der Waals surface area contributed by atoms with Gasteiger partial charge in [-0.05, 0) is 26.0 Å². The van der Waals surface area contributed by atoms with Crippen LogP contribution in [0.25, 0.3) is 0 Å². The molecule has 0 heterocycles. The quantitative estimate of drug-likeness (QED) is 0.727. The summed E-state index contributed by atoms with van der Waals surface area (Å²) in [5.41, 5.74) is 5.29. The molecule has 6 heteroatoms. The molecule has 0 spiro atoms. The van der Waals surface area contributed by atoms with Crippen molar-refractivity contribution >= 4 is 11.4 Å². The van der Waals surface area contributed by atoms with Crippen molar-refractivity contribution in [1.82, 2.24) is 0 Å². The van der Waals surface area contributed by atoms with Crippen LogP contribution in [-0.4, -0.2) is 5.71 Å². The van der Waals surface area contributed by atoms with Crippen LogP contribution in [0.5, 0.6) is 0 Å². The van der Waals surface area contributed by atoms with E-state index in [1.54, 1.807) is 0 Å². The Hall–Kier alpha value is -1.98. The van der Waals surface area contributed by atoms with Gasteiger partial charge in [0.05, 0.1) is 22.7 Å². The molecule has 18 heavy (non-hydrogen) atoms. The molecule has 0 saturated heterocycles. The van der Waals surface area contributed by atoms with Crippen molar-refractivity contribution in [2.75, 3.05) is 5.32 Å². The summed E-state index contributed by atoms with van der Waals surface area (Å²) < 4.78 is 38.2. The third kappa shape index (κ3) is 3.26. The van der Waals surface area contributed by atoms with E-state index in [0.717, 1.165) is 6.07 Å². The van der Waals surface area contributed by atoms with Gasteiger partial charge in [-0.25, -0.2) is 0 Å². The van der Waals surface area contributed by atoms with E-state index < -0.39 is 11.7 Å². The molecular formula is C12H14F3N3. The molecule has 0 aliphatic rings. The lowest BCUT2D eigenvalue weighted by molar-refractivity contribution is -0.136. The van der Waals surface area contributed by atoms with E-state index in [1.165, 1.54) is 32.0 Å². The van der Waals surface area contributed by atoms with Crippen molar-refractivity contribution in [2.45, 2.75) is 20.0 Å². The summed E-state index contributed by atoms with van der Waals surface area (Å²) >= 11 is 0. The highest BCUT2D eigenvalue weighted by Crippen LogP contribution is 2.35. The fourth-order valence-electron chi connectivity index (χ4n) is 1.39. The molecule has 1 rings (SSSR count). The highest BCUT2D eigenvalue weighted by atomic mass is 19.4. The second kappa shape index (κ2) is 5.12. The Labute approximate surface area is 103 Å². The Balaban J connectivity index is 3.14. The Morgan fingerprint density at radius 3 is 2.28 bits per heavy atom. The molecule has 1 aromatic carbocycles. The second-order valence-electron chi connectivity index (χ2n) is 3.83. The van der Waals surface area contributed by atoms with Crippen LogP contribution in [0.4, 0.5) is 18.9 Å². The van der Waals surface area contributed by atoms with Crippen molar-refractivity contribution in [2.24, 2.45) is 5.73 Å². The minimum Gasteiger partial charge on any atom is -0.396 e. The molecule has 1 aromatic rings. The van der Waals surface area contributed by atoms with Crippen LogP contribution in [-0.2, 0) is 6.18 Å². The molecule has 0 bridgehead atoms. The first-order chi connectivity index (χ1) is 8.23. The predicted octanol–water partition coefficient (Wildman–Crippen LogP) is 3.35. The molecule has 0 aliphatic carbocycles. The molecule has 0 aliphatic heterocycles. The number of halogens is 3. The molecular weight excluding hydrogens is 243 g/mol. The molecule has 0 fully saturated rings. The zero-order valence-electron chi connectivity index (χ0n) is 10.0. The van der Waals surface area contributed by atoms with Gasteiger partial charge in [-0.3, -0.25) is 0 Å². The maximum absolute atomic E-state index is 12.7. The SMILES string of the molecule is CC(=N)/C(N)=C(/C)Nc1ccccc1C(F)(F)F. The lowest BCUT2D eigenvalue weighted by Gasteiger charge is -2.15.